The van der Waals surface area contributed by atoms with Crippen molar-refractivity contribution in [3.8, 4) is 0 Å². The maximum absolute atomic E-state index is 9.37. The van der Waals surface area contributed by atoms with E-state index in [9.17, 15) is 5.11 Å². The van der Waals surface area contributed by atoms with Crippen molar-refractivity contribution >= 4 is 5.95 Å². The molecule has 1 N–H and O–H groups in total. The van der Waals surface area contributed by atoms with E-state index < -0.39 is 0 Å². The molecular formula is C13H21N3O. The van der Waals surface area contributed by atoms with Crippen LogP contribution in [0.4, 0.5) is 5.95 Å². The number of rotatable bonds is 3. The molecule has 4 heteroatoms. The standard InChI is InChI=1S/C13H21N3O/c1-10(2)11-7-14-13(15-8-11)16-6-4-3-5-12(16)9-17/h7-8,10,12,17H,3-6,9H2,1-2H3. The number of aliphatic hydroxyl groups excluding tert-OH is 1. The lowest BCUT2D eigenvalue weighted by molar-refractivity contribution is 0.239. The zero-order valence-electron chi connectivity index (χ0n) is 10.6. The molecule has 0 spiro atoms. The molecule has 1 fully saturated rings. The molecule has 1 aliphatic rings. The Morgan fingerprint density at radius 3 is 2.65 bits per heavy atom. The van der Waals surface area contributed by atoms with Gasteiger partial charge in [0.2, 0.25) is 5.95 Å². The number of piperidine rings is 1. The Labute approximate surface area is 103 Å². The van der Waals surface area contributed by atoms with Crippen LogP contribution >= 0.6 is 0 Å². The average Bonchev–Trinajstić information content (AvgIpc) is 2.39. The molecule has 2 heterocycles. The van der Waals surface area contributed by atoms with Gasteiger partial charge in [-0.15, -0.1) is 0 Å². The molecule has 2 rings (SSSR count). The van der Waals surface area contributed by atoms with E-state index in [1.165, 1.54) is 6.42 Å². The summed E-state index contributed by atoms with van der Waals surface area (Å²) in [6.45, 7) is 5.41. The maximum atomic E-state index is 9.37. The van der Waals surface area contributed by atoms with Crippen LogP contribution in [-0.2, 0) is 0 Å². The zero-order valence-corrected chi connectivity index (χ0v) is 10.6. The maximum Gasteiger partial charge on any atom is 0.225 e. The minimum absolute atomic E-state index is 0.189. The molecule has 4 nitrogen and oxygen atoms in total. The fourth-order valence-electron chi connectivity index (χ4n) is 2.23. The molecule has 0 aromatic carbocycles. The molecule has 17 heavy (non-hydrogen) atoms. The first-order valence-corrected chi connectivity index (χ1v) is 6.42. The van der Waals surface area contributed by atoms with E-state index in [0.717, 1.165) is 30.9 Å². The predicted octanol–water partition coefficient (Wildman–Crippen LogP) is 1.95. The van der Waals surface area contributed by atoms with Gasteiger partial charge in [-0.2, -0.15) is 0 Å². The highest BCUT2D eigenvalue weighted by molar-refractivity contribution is 5.33. The predicted molar refractivity (Wildman–Crippen MR) is 68.2 cm³/mol. The van der Waals surface area contributed by atoms with Crippen molar-refractivity contribution in [1.82, 2.24) is 9.97 Å². The Balaban J connectivity index is 2.15. The summed E-state index contributed by atoms with van der Waals surface area (Å²) in [5, 5.41) is 9.37. The fraction of sp³-hybridized carbons (Fsp3) is 0.692. The van der Waals surface area contributed by atoms with E-state index in [1.54, 1.807) is 0 Å². The highest BCUT2D eigenvalue weighted by atomic mass is 16.3. The molecule has 1 aromatic rings. The first-order valence-electron chi connectivity index (χ1n) is 6.42. The van der Waals surface area contributed by atoms with Gasteiger partial charge in [-0.3, -0.25) is 0 Å². The average molecular weight is 235 g/mol. The highest BCUT2D eigenvalue weighted by Crippen LogP contribution is 2.22. The molecule has 0 saturated carbocycles. The van der Waals surface area contributed by atoms with E-state index in [0.29, 0.717) is 5.92 Å². The number of aliphatic hydroxyl groups is 1. The van der Waals surface area contributed by atoms with Crippen LogP contribution in [0, 0.1) is 0 Å². The first kappa shape index (κ1) is 12.3. The van der Waals surface area contributed by atoms with Crippen LogP contribution in [0.5, 0.6) is 0 Å². The normalized spacial score (nSPS) is 20.9. The SMILES string of the molecule is CC(C)c1cnc(N2CCCCC2CO)nc1. The van der Waals surface area contributed by atoms with Gasteiger partial charge in [0, 0.05) is 18.9 Å². The third-order valence-corrected chi connectivity index (χ3v) is 3.42. The van der Waals surface area contributed by atoms with Gasteiger partial charge in [0.05, 0.1) is 12.6 Å². The molecular weight excluding hydrogens is 214 g/mol. The third-order valence-electron chi connectivity index (χ3n) is 3.42. The van der Waals surface area contributed by atoms with Gasteiger partial charge in [-0.05, 0) is 30.7 Å². The lowest BCUT2D eigenvalue weighted by atomic mass is 10.0. The molecule has 1 atom stereocenters. The third kappa shape index (κ3) is 2.75. The largest absolute Gasteiger partial charge is 0.394 e. The molecule has 94 valence electrons. The quantitative estimate of drug-likeness (QED) is 0.870. The van der Waals surface area contributed by atoms with Crippen LogP contribution in [0.2, 0.25) is 0 Å². The minimum Gasteiger partial charge on any atom is -0.394 e. The summed E-state index contributed by atoms with van der Waals surface area (Å²) in [7, 11) is 0. The first-order chi connectivity index (χ1) is 8.22. The summed E-state index contributed by atoms with van der Waals surface area (Å²) in [6, 6.07) is 0.189. The molecule has 0 bridgehead atoms. The van der Waals surface area contributed by atoms with Crippen LogP contribution in [0.25, 0.3) is 0 Å². The van der Waals surface area contributed by atoms with Crippen molar-refractivity contribution in [2.24, 2.45) is 0 Å². The number of aromatic nitrogens is 2. The highest BCUT2D eigenvalue weighted by Gasteiger charge is 2.23. The number of nitrogens with zero attached hydrogens (tertiary/aromatic N) is 3. The monoisotopic (exact) mass is 235 g/mol. The van der Waals surface area contributed by atoms with Gasteiger partial charge in [-0.25, -0.2) is 9.97 Å². The Bertz CT molecular complexity index is 350. The second-order valence-electron chi connectivity index (χ2n) is 5.00. The lowest BCUT2D eigenvalue weighted by Crippen LogP contribution is -2.42. The molecule has 0 radical (unpaired) electrons. The molecule has 1 aliphatic heterocycles. The molecule has 1 aromatic heterocycles. The van der Waals surface area contributed by atoms with Crippen molar-refractivity contribution < 1.29 is 5.11 Å². The summed E-state index contributed by atoms with van der Waals surface area (Å²) in [5.41, 5.74) is 1.16. The zero-order chi connectivity index (χ0) is 12.3. The van der Waals surface area contributed by atoms with E-state index in [4.69, 9.17) is 0 Å². The Morgan fingerprint density at radius 1 is 1.35 bits per heavy atom. The summed E-state index contributed by atoms with van der Waals surface area (Å²) < 4.78 is 0. The van der Waals surface area contributed by atoms with Gasteiger partial charge in [0.1, 0.15) is 0 Å². The van der Waals surface area contributed by atoms with Crippen molar-refractivity contribution in [2.45, 2.75) is 45.1 Å². The summed E-state index contributed by atoms with van der Waals surface area (Å²) in [6.07, 6.45) is 7.18. The van der Waals surface area contributed by atoms with Crippen LogP contribution in [0.3, 0.4) is 0 Å². The van der Waals surface area contributed by atoms with Crippen LogP contribution in [0.15, 0.2) is 12.4 Å². The Morgan fingerprint density at radius 2 is 2.06 bits per heavy atom. The minimum atomic E-state index is 0.189. The fourth-order valence-corrected chi connectivity index (χ4v) is 2.23. The van der Waals surface area contributed by atoms with E-state index in [-0.39, 0.29) is 12.6 Å². The van der Waals surface area contributed by atoms with Crippen molar-refractivity contribution in [1.29, 1.82) is 0 Å². The van der Waals surface area contributed by atoms with E-state index in [2.05, 4.69) is 28.7 Å². The second kappa shape index (κ2) is 5.45. The molecule has 1 unspecified atom stereocenters. The van der Waals surface area contributed by atoms with Gasteiger partial charge >= 0.3 is 0 Å². The second-order valence-corrected chi connectivity index (χ2v) is 5.00. The number of hydrogen-bond donors (Lipinski definition) is 1. The molecule has 0 amide bonds. The van der Waals surface area contributed by atoms with Crippen molar-refractivity contribution in [3.05, 3.63) is 18.0 Å². The molecule has 1 saturated heterocycles. The molecule has 0 aliphatic carbocycles. The smallest absolute Gasteiger partial charge is 0.225 e. The summed E-state index contributed by atoms with van der Waals surface area (Å²) in [4.78, 5) is 11.0. The van der Waals surface area contributed by atoms with Crippen molar-refractivity contribution in [2.75, 3.05) is 18.1 Å². The van der Waals surface area contributed by atoms with Crippen LogP contribution in [-0.4, -0.2) is 34.3 Å². The van der Waals surface area contributed by atoms with Crippen LogP contribution < -0.4 is 4.90 Å². The van der Waals surface area contributed by atoms with E-state index in [1.807, 2.05) is 12.4 Å². The topological polar surface area (TPSA) is 49.2 Å². The van der Waals surface area contributed by atoms with Crippen LogP contribution in [0.1, 0.15) is 44.6 Å². The van der Waals surface area contributed by atoms with Gasteiger partial charge in [0.15, 0.2) is 0 Å². The number of hydrogen-bond acceptors (Lipinski definition) is 4. The van der Waals surface area contributed by atoms with E-state index >= 15 is 0 Å². The van der Waals surface area contributed by atoms with Gasteiger partial charge in [-0.1, -0.05) is 13.8 Å². The Hall–Kier alpha value is -1.16. The van der Waals surface area contributed by atoms with Crippen molar-refractivity contribution in [3.63, 3.8) is 0 Å². The number of anilines is 1. The summed E-state index contributed by atoms with van der Waals surface area (Å²) in [5.74, 6) is 1.21. The van der Waals surface area contributed by atoms with Gasteiger partial charge in [0.25, 0.3) is 0 Å². The Kier molecular flexibility index (Phi) is 3.94. The summed E-state index contributed by atoms with van der Waals surface area (Å²) >= 11 is 0. The lowest BCUT2D eigenvalue weighted by Gasteiger charge is -2.34. The van der Waals surface area contributed by atoms with Gasteiger partial charge < -0.3 is 10.0 Å².